The van der Waals surface area contributed by atoms with Gasteiger partial charge in [-0.25, -0.2) is 14.2 Å². The van der Waals surface area contributed by atoms with Crippen molar-refractivity contribution in [1.82, 2.24) is 25.1 Å². The van der Waals surface area contributed by atoms with Crippen molar-refractivity contribution in [3.05, 3.63) is 58.4 Å². The van der Waals surface area contributed by atoms with Crippen LogP contribution in [0.3, 0.4) is 0 Å². The molecule has 2 aromatic carbocycles. The lowest BCUT2D eigenvalue weighted by Gasteiger charge is -2.38. The van der Waals surface area contributed by atoms with Crippen LogP contribution in [0.15, 0.2) is 41.2 Å². The smallest absolute Gasteiger partial charge is 0.328 e. The van der Waals surface area contributed by atoms with Gasteiger partial charge in [-0.05, 0) is 69.0 Å². The lowest BCUT2D eigenvalue weighted by atomic mass is 9.98. The van der Waals surface area contributed by atoms with Gasteiger partial charge in [-0.1, -0.05) is 0 Å². The van der Waals surface area contributed by atoms with Gasteiger partial charge in [0, 0.05) is 94.2 Å². The number of rotatable bonds is 11. The second kappa shape index (κ2) is 16.1. The van der Waals surface area contributed by atoms with Crippen molar-refractivity contribution in [3.8, 4) is 5.75 Å². The molecule has 0 unspecified atom stereocenters. The maximum Gasteiger partial charge on any atom is 0.328 e. The summed E-state index contributed by atoms with van der Waals surface area (Å²) in [5.74, 6) is 1.11. The lowest BCUT2D eigenvalue weighted by molar-refractivity contribution is -0.120. The van der Waals surface area contributed by atoms with Gasteiger partial charge in [0.15, 0.2) is 0 Å². The summed E-state index contributed by atoms with van der Waals surface area (Å²) in [6, 6.07) is 10.7. The summed E-state index contributed by atoms with van der Waals surface area (Å²) in [5, 5.41) is 2.83. The Bertz CT molecular complexity index is 1700. The van der Waals surface area contributed by atoms with Gasteiger partial charge >= 0.3 is 6.03 Å². The normalized spacial score (nSPS) is 20.4. The third-order valence-electron chi connectivity index (χ3n) is 10.3. The van der Waals surface area contributed by atoms with Crippen LogP contribution in [0.4, 0.5) is 20.6 Å². The number of carbonyl (C=O) groups excluding carboxylic acids is 2. The predicted octanol–water partition coefficient (Wildman–Crippen LogP) is 3.83. The van der Waals surface area contributed by atoms with E-state index in [-0.39, 0.29) is 17.3 Å². The molecule has 0 radical (unpaired) electrons. The van der Waals surface area contributed by atoms with E-state index in [9.17, 15) is 18.8 Å². The maximum absolute atomic E-state index is 15.0. The van der Waals surface area contributed by atoms with Crippen molar-refractivity contribution in [2.45, 2.75) is 43.1 Å². The Morgan fingerprint density at radius 3 is 2.30 bits per heavy atom. The minimum absolute atomic E-state index is 0.0223. The number of imide groups is 1. The number of nitrogens with zero attached hydrogens (tertiary/aromatic N) is 5. The van der Waals surface area contributed by atoms with Crippen LogP contribution in [0, 0.1) is 11.7 Å². The second-order valence-electron chi connectivity index (χ2n) is 13.6. The van der Waals surface area contributed by atoms with Crippen LogP contribution in [-0.2, 0) is 15.3 Å². The molecule has 4 aliphatic heterocycles. The molecular formula is C36H46FN7O5S. The summed E-state index contributed by atoms with van der Waals surface area (Å²) in [5.41, 5.74) is 1.83. The number of piperazine rings is 1. The summed E-state index contributed by atoms with van der Waals surface area (Å²) in [4.78, 5) is 52.7. The molecule has 3 aromatic rings. The number of likely N-dealkylation sites (tertiary alicyclic amines) is 1. The first-order valence-corrected chi connectivity index (χ1v) is 18.9. The molecule has 268 valence electrons. The van der Waals surface area contributed by atoms with Crippen LogP contribution < -0.4 is 25.4 Å². The van der Waals surface area contributed by atoms with Crippen LogP contribution in [0.25, 0.3) is 10.9 Å². The second-order valence-corrected chi connectivity index (χ2v) is 14.9. The molecule has 0 aliphatic carbocycles. The largest absolute Gasteiger partial charge is 0.493 e. The Labute approximate surface area is 295 Å². The standard InChI is InChI=1S/C36H46FN7O5S/c37-30-21-28(22-31-34(30)35(46)39-32(38-31)24-50-29-8-19-48-20-9-29)49-23-25-5-10-41(11-6-25)13-14-42-15-17-43(18-16-42)26-1-3-27(4-2-26)44-12-7-33(45)40-36(44)47/h1-4,21-22,25,29H,5-20,23-24H2,(H,38,39,46)(H,40,45,47). The van der Waals surface area contributed by atoms with E-state index in [4.69, 9.17) is 9.47 Å². The van der Waals surface area contributed by atoms with Crippen LogP contribution in [-0.4, -0.2) is 116 Å². The highest BCUT2D eigenvalue weighted by Crippen LogP contribution is 2.27. The molecule has 0 bridgehead atoms. The molecule has 4 fully saturated rings. The van der Waals surface area contributed by atoms with E-state index < -0.39 is 11.4 Å². The molecule has 0 spiro atoms. The number of thioether (sulfide) groups is 1. The monoisotopic (exact) mass is 707 g/mol. The third-order valence-corrected chi connectivity index (χ3v) is 11.7. The zero-order valence-corrected chi connectivity index (χ0v) is 29.2. The number of carbonyl (C=O) groups is 2. The fourth-order valence-electron chi connectivity index (χ4n) is 7.20. The van der Waals surface area contributed by atoms with E-state index >= 15 is 0 Å². The van der Waals surface area contributed by atoms with Gasteiger partial charge in [0.25, 0.3) is 5.56 Å². The average Bonchev–Trinajstić information content (AvgIpc) is 3.13. The van der Waals surface area contributed by atoms with E-state index in [0.29, 0.717) is 53.6 Å². The molecule has 50 heavy (non-hydrogen) atoms. The quantitative estimate of drug-likeness (QED) is 0.304. The molecule has 2 N–H and O–H groups in total. The number of nitrogens with one attached hydrogen (secondary N) is 2. The number of halogens is 1. The minimum atomic E-state index is -0.605. The van der Waals surface area contributed by atoms with E-state index in [1.807, 2.05) is 12.1 Å². The summed E-state index contributed by atoms with van der Waals surface area (Å²) < 4.78 is 26.5. The van der Waals surface area contributed by atoms with Crippen molar-refractivity contribution in [1.29, 1.82) is 0 Å². The van der Waals surface area contributed by atoms with Crippen molar-refractivity contribution in [3.63, 3.8) is 0 Å². The first-order valence-electron chi connectivity index (χ1n) is 17.8. The number of amides is 3. The Balaban J connectivity index is 0.822. The molecule has 5 heterocycles. The van der Waals surface area contributed by atoms with E-state index in [1.165, 1.54) is 6.07 Å². The molecule has 3 amide bonds. The lowest BCUT2D eigenvalue weighted by Crippen LogP contribution is -2.50. The van der Waals surface area contributed by atoms with Gasteiger partial charge in [0.1, 0.15) is 22.8 Å². The van der Waals surface area contributed by atoms with Crippen LogP contribution in [0.2, 0.25) is 0 Å². The first kappa shape index (κ1) is 34.7. The minimum Gasteiger partial charge on any atom is -0.493 e. The molecule has 4 aliphatic rings. The number of ether oxygens (including phenoxy) is 2. The number of aromatic nitrogens is 2. The van der Waals surface area contributed by atoms with Gasteiger partial charge in [0.05, 0.1) is 17.9 Å². The van der Waals surface area contributed by atoms with Gasteiger partial charge in [-0.15, -0.1) is 0 Å². The van der Waals surface area contributed by atoms with Gasteiger partial charge in [0.2, 0.25) is 5.91 Å². The fourth-order valence-corrected chi connectivity index (χ4v) is 8.25. The third kappa shape index (κ3) is 8.59. The molecule has 0 atom stereocenters. The Hall–Kier alpha value is -3.72. The summed E-state index contributed by atoms with van der Waals surface area (Å²) in [7, 11) is 0. The molecule has 14 heteroatoms. The Morgan fingerprint density at radius 2 is 1.58 bits per heavy atom. The highest BCUT2D eigenvalue weighted by Gasteiger charge is 2.26. The van der Waals surface area contributed by atoms with Gasteiger partial charge in [-0.3, -0.25) is 24.7 Å². The zero-order chi connectivity index (χ0) is 34.5. The van der Waals surface area contributed by atoms with Crippen LogP contribution in [0.5, 0.6) is 5.75 Å². The number of anilines is 2. The number of hydrogen-bond donors (Lipinski definition) is 2. The Kier molecular flexibility index (Phi) is 11.2. The van der Waals surface area contributed by atoms with E-state index in [2.05, 4.69) is 42.1 Å². The Morgan fingerprint density at radius 1 is 0.880 bits per heavy atom. The van der Waals surface area contributed by atoms with E-state index in [1.54, 1.807) is 22.7 Å². The SMILES string of the molecule is O=C1CCN(c2ccc(N3CCN(CCN4CCC(COc5cc(F)c6c(=O)[nH]c(CSC7CCOCC7)nc6c5)CC4)CC3)cc2)C(=O)N1. The highest BCUT2D eigenvalue weighted by molar-refractivity contribution is 7.99. The number of H-pyrrole nitrogens is 1. The number of benzene rings is 2. The summed E-state index contributed by atoms with van der Waals surface area (Å²) in [6.07, 6.45) is 4.34. The van der Waals surface area contributed by atoms with Crippen molar-refractivity contribution >= 4 is 46.0 Å². The van der Waals surface area contributed by atoms with Crippen molar-refractivity contribution in [2.75, 3.05) is 88.5 Å². The van der Waals surface area contributed by atoms with Crippen molar-refractivity contribution < 1.29 is 23.5 Å². The molecular weight excluding hydrogens is 662 g/mol. The molecule has 4 saturated heterocycles. The molecule has 7 rings (SSSR count). The molecule has 12 nitrogen and oxygen atoms in total. The molecule has 1 aromatic heterocycles. The number of hydrogen-bond acceptors (Lipinski definition) is 10. The van der Waals surface area contributed by atoms with E-state index in [0.717, 1.165) is 103 Å². The summed E-state index contributed by atoms with van der Waals surface area (Å²) >= 11 is 1.76. The number of aromatic amines is 1. The number of fused-ring (bicyclic) bond motifs is 1. The number of piperidine rings is 1. The molecule has 0 saturated carbocycles. The van der Waals surface area contributed by atoms with Gasteiger partial charge < -0.3 is 24.3 Å². The topological polar surface area (TPSA) is 123 Å². The van der Waals surface area contributed by atoms with Crippen LogP contribution >= 0.6 is 11.8 Å². The fraction of sp³-hybridized carbons (Fsp3) is 0.556. The average molecular weight is 708 g/mol. The summed E-state index contributed by atoms with van der Waals surface area (Å²) in [6.45, 7) is 10.5. The van der Waals surface area contributed by atoms with Gasteiger partial charge in [-0.2, -0.15) is 11.8 Å². The predicted molar refractivity (Wildman–Crippen MR) is 193 cm³/mol. The zero-order valence-electron chi connectivity index (χ0n) is 28.4. The first-order chi connectivity index (χ1) is 24.4. The highest BCUT2D eigenvalue weighted by atomic mass is 32.2. The number of urea groups is 1. The van der Waals surface area contributed by atoms with Crippen LogP contribution in [0.1, 0.15) is 37.9 Å². The maximum atomic E-state index is 15.0. The van der Waals surface area contributed by atoms with Crippen molar-refractivity contribution in [2.24, 2.45) is 5.92 Å².